The van der Waals surface area contributed by atoms with Crippen LogP contribution in [0, 0.1) is 0 Å². The summed E-state index contributed by atoms with van der Waals surface area (Å²) in [6, 6.07) is 0. The summed E-state index contributed by atoms with van der Waals surface area (Å²) in [5.41, 5.74) is 0.364. The van der Waals surface area contributed by atoms with Crippen LogP contribution in [-0.2, 0) is 14.3 Å². The minimum atomic E-state index is -0.446. The third-order valence-corrected chi connectivity index (χ3v) is 0.999. The zero-order chi connectivity index (χ0) is 8.85. The summed E-state index contributed by atoms with van der Waals surface area (Å²) < 4.78 is 4.39. The number of ether oxygens (including phenoxy) is 1. The number of esters is 1. The summed E-state index contributed by atoms with van der Waals surface area (Å²) >= 11 is 0. The SMILES string of the molecule is COC(=O)/C(C)=C\NC(C)=O. The molecule has 1 N–H and O–H groups in total. The Morgan fingerprint density at radius 2 is 1.91 bits per heavy atom. The van der Waals surface area contributed by atoms with E-state index >= 15 is 0 Å². The van der Waals surface area contributed by atoms with Crippen LogP contribution in [0.4, 0.5) is 0 Å². The molecule has 11 heavy (non-hydrogen) atoms. The Morgan fingerprint density at radius 3 is 2.27 bits per heavy atom. The Hall–Kier alpha value is -1.32. The van der Waals surface area contributed by atoms with Crippen LogP contribution >= 0.6 is 0 Å². The van der Waals surface area contributed by atoms with Gasteiger partial charge in [0.2, 0.25) is 5.91 Å². The first kappa shape index (κ1) is 9.68. The lowest BCUT2D eigenvalue weighted by molar-refractivity contribution is -0.136. The first-order valence-corrected chi connectivity index (χ1v) is 3.10. The van der Waals surface area contributed by atoms with Crippen LogP contribution < -0.4 is 5.32 Å². The van der Waals surface area contributed by atoms with Crippen LogP contribution in [-0.4, -0.2) is 19.0 Å². The highest BCUT2D eigenvalue weighted by atomic mass is 16.5. The molecule has 4 heteroatoms. The Balaban J connectivity index is 4.00. The Bertz CT molecular complexity index is 196. The number of nitrogens with one attached hydrogen (secondary N) is 1. The fourth-order valence-electron chi connectivity index (χ4n) is 0.430. The largest absolute Gasteiger partial charge is 0.466 e. The van der Waals surface area contributed by atoms with Crippen LogP contribution in [0.1, 0.15) is 13.8 Å². The number of rotatable bonds is 2. The zero-order valence-corrected chi connectivity index (χ0v) is 6.80. The van der Waals surface area contributed by atoms with Crippen molar-refractivity contribution in [2.24, 2.45) is 0 Å². The van der Waals surface area contributed by atoms with E-state index in [0.717, 1.165) is 0 Å². The molecule has 0 unspecified atom stereocenters. The highest BCUT2D eigenvalue weighted by molar-refractivity contribution is 5.88. The van der Waals surface area contributed by atoms with E-state index in [1.54, 1.807) is 6.92 Å². The van der Waals surface area contributed by atoms with Gasteiger partial charge in [-0.05, 0) is 6.92 Å². The third-order valence-electron chi connectivity index (χ3n) is 0.999. The second-order valence-corrected chi connectivity index (χ2v) is 2.02. The minimum absolute atomic E-state index is 0.215. The van der Waals surface area contributed by atoms with Gasteiger partial charge in [-0.15, -0.1) is 0 Å². The van der Waals surface area contributed by atoms with Gasteiger partial charge in [0.25, 0.3) is 0 Å². The van der Waals surface area contributed by atoms with Gasteiger partial charge in [0, 0.05) is 13.1 Å². The van der Waals surface area contributed by atoms with Gasteiger partial charge in [0.1, 0.15) is 0 Å². The van der Waals surface area contributed by atoms with Gasteiger partial charge >= 0.3 is 5.97 Å². The number of methoxy groups -OCH3 is 1. The number of carbonyl (C=O) groups excluding carboxylic acids is 2. The van der Waals surface area contributed by atoms with E-state index in [2.05, 4.69) is 10.1 Å². The minimum Gasteiger partial charge on any atom is -0.466 e. The van der Waals surface area contributed by atoms with Crippen molar-refractivity contribution >= 4 is 11.9 Å². The fraction of sp³-hybridized carbons (Fsp3) is 0.429. The summed E-state index contributed by atoms with van der Waals surface area (Å²) in [5.74, 6) is -0.660. The predicted octanol–water partition coefficient (Wildman–Crippen LogP) is 0.199. The van der Waals surface area contributed by atoms with Crippen LogP contribution in [0.5, 0.6) is 0 Å². The molecule has 0 aromatic carbocycles. The quantitative estimate of drug-likeness (QED) is 0.460. The molecule has 0 saturated heterocycles. The summed E-state index contributed by atoms with van der Waals surface area (Å²) in [7, 11) is 1.29. The number of amides is 1. The molecule has 62 valence electrons. The first-order chi connectivity index (χ1) is 5.07. The van der Waals surface area contributed by atoms with Gasteiger partial charge in [-0.1, -0.05) is 0 Å². The standard InChI is InChI=1S/C7H11NO3/c1-5(7(10)11-3)4-8-6(2)9/h4H,1-3H3,(H,8,9)/b5-4-. The van der Waals surface area contributed by atoms with Crippen LogP contribution in [0.15, 0.2) is 11.8 Å². The Morgan fingerprint density at radius 1 is 1.36 bits per heavy atom. The highest BCUT2D eigenvalue weighted by Gasteiger charge is 2.01. The molecule has 0 aromatic heterocycles. The normalized spacial score (nSPS) is 10.6. The van der Waals surface area contributed by atoms with Crippen molar-refractivity contribution in [3.8, 4) is 0 Å². The van der Waals surface area contributed by atoms with Gasteiger partial charge in [0.05, 0.1) is 12.7 Å². The third kappa shape index (κ3) is 4.13. The van der Waals surface area contributed by atoms with Gasteiger partial charge in [0.15, 0.2) is 0 Å². The number of hydrogen-bond acceptors (Lipinski definition) is 3. The van der Waals surface area contributed by atoms with Crippen molar-refractivity contribution in [3.05, 3.63) is 11.8 Å². The van der Waals surface area contributed by atoms with Crippen LogP contribution in [0.25, 0.3) is 0 Å². The van der Waals surface area contributed by atoms with Crippen molar-refractivity contribution in [2.75, 3.05) is 7.11 Å². The first-order valence-electron chi connectivity index (χ1n) is 3.10. The van der Waals surface area contributed by atoms with E-state index in [4.69, 9.17) is 0 Å². The second kappa shape index (κ2) is 4.49. The average molecular weight is 157 g/mol. The van der Waals surface area contributed by atoms with Crippen molar-refractivity contribution in [1.82, 2.24) is 5.32 Å². The van der Waals surface area contributed by atoms with E-state index in [-0.39, 0.29) is 5.91 Å². The Kier molecular flexibility index (Phi) is 3.95. The lowest BCUT2D eigenvalue weighted by Gasteiger charge is -1.97. The molecule has 0 atom stereocenters. The lowest BCUT2D eigenvalue weighted by atomic mass is 10.3. The summed E-state index contributed by atoms with van der Waals surface area (Å²) in [5, 5.41) is 2.36. The molecule has 0 heterocycles. The van der Waals surface area contributed by atoms with E-state index in [0.29, 0.717) is 5.57 Å². The second-order valence-electron chi connectivity index (χ2n) is 2.02. The maximum absolute atomic E-state index is 10.7. The van der Waals surface area contributed by atoms with Gasteiger partial charge in [-0.25, -0.2) is 4.79 Å². The molecule has 0 aromatic rings. The molecule has 0 spiro atoms. The maximum Gasteiger partial charge on any atom is 0.334 e. The van der Waals surface area contributed by atoms with Gasteiger partial charge in [-0.3, -0.25) is 4.79 Å². The van der Waals surface area contributed by atoms with Gasteiger partial charge in [-0.2, -0.15) is 0 Å². The summed E-state index contributed by atoms with van der Waals surface area (Å²) in [6.07, 6.45) is 1.31. The summed E-state index contributed by atoms with van der Waals surface area (Å²) in [6.45, 7) is 2.92. The molecule has 0 aliphatic carbocycles. The van der Waals surface area contributed by atoms with Gasteiger partial charge < -0.3 is 10.1 Å². The molecule has 0 rings (SSSR count). The molecule has 0 radical (unpaired) electrons. The molecule has 0 fully saturated rings. The van der Waals surface area contributed by atoms with E-state index < -0.39 is 5.97 Å². The van der Waals surface area contributed by atoms with Crippen molar-refractivity contribution < 1.29 is 14.3 Å². The highest BCUT2D eigenvalue weighted by Crippen LogP contribution is 1.91. The molecule has 0 aliphatic rings. The molecular formula is C7H11NO3. The number of carbonyl (C=O) groups is 2. The fourth-order valence-corrected chi connectivity index (χ4v) is 0.430. The predicted molar refractivity (Wildman–Crippen MR) is 39.6 cm³/mol. The smallest absolute Gasteiger partial charge is 0.334 e. The topological polar surface area (TPSA) is 55.4 Å². The Labute approximate surface area is 65.2 Å². The van der Waals surface area contributed by atoms with E-state index in [9.17, 15) is 9.59 Å². The van der Waals surface area contributed by atoms with Crippen LogP contribution in [0.3, 0.4) is 0 Å². The average Bonchev–Trinajstić information content (AvgIpc) is 1.98. The molecule has 0 bridgehead atoms. The zero-order valence-electron chi connectivity index (χ0n) is 6.80. The van der Waals surface area contributed by atoms with E-state index in [1.165, 1.54) is 20.2 Å². The molecule has 4 nitrogen and oxygen atoms in total. The van der Waals surface area contributed by atoms with Crippen molar-refractivity contribution in [3.63, 3.8) is 0 Å². The van der Waals surface area contributed by atoms with Crippen LogP contribution in [0.2, 0.25) is 0 Å². The molecule has 0 aliphatic heterocycles. The molecular weight excluding hydrogens is 146 g/mol. The molecule has 0 saturated carbocycles. The molecule has 1 amide bonds. The number of hydrogen-bond donors (Lipinski definition) is 1. The van der Waals surface area contributed by atoms with E-state index in [1.807, 2.05) is 0 Å². The van der Waals surface area contributed by atoms with Crippen molar-refractivity contribution in [2.45, 2.75) is 13.8 Å². The maximum atomic E-state index is 10.7. The lowest BCUT2D eigenvalue weighted by Crippen LogP contribution is -2.14. The van der Waals surface area contributed by atoms with Crippen molar-refractivity contribution in [1.29, 1.82) is 0 Å². The monoisotopic (exact) mass is 157 g/mol. The summed E-state index contributed by atoms with van der Waals surface area (Å²) in [4.78, 5) is 21.0.